The average molecular weight is 310 g/mol. The minimum absolute atomic E-state index is 0.0883. The van der Waals surface area contributed by atoms with Gasteiger partial charge in [0.05, 0.1) is 24.1 Å². The van der Waals surface area contributed by atoms with Gasteiger partial charge in [-0.1, -0.05) is 11.6 Å². The van der Waals surface area contributed by atoms with Gasteiger partial charge in [0.2, 0.25) is 0 Å². The van der Waals surface area contributed by atoms with Crippen LogP contribution in [0.4, 0.5) is 5.69 Å². The van der Waals surface area contributed by atoms with Gasteiger partial charge in [0.15, 0.2) is 5.76 Å². The van der Waals surface area contributed by atoms with Crippen LogP contribution in [0.3, 0.4) is 0 Å². The second-order valence-electron chi connectivity index (χ2n) is 4.22. The first-order valence-corrected chi connectivity index (χ1v) is 6.28. The smallest absolute Gasteiger partial charge is 0.339 e. The molecule has 2 N–H and O–H groups in total. The fourth-order valence-electron chi connectivity index (χ4n) is 1.77. The van der Waals surface area contributed by atoms with Gasteiger partial charge in [-0.05, 0) is 19.1 Å². The van der Waals surface area contributed by atoms with Gasteiger partial charge in [-0.3, -0.25) is 4.79 Å². The number of nitrogens with one attached hydrogen (secondary N) is 1. The molecule has 0 saturated heterocycles. The van der Waals surface area contributed by atoms with E-state index in [9.17, 15) is 9.59 Å². The number of carboxylic acid groups (broad SMARTS) is 1. The van der Waals surface area contributed by atoms with Gasteiger partial charge in [0, 0.05) is 11.6 Å². The van der Waals surface area contributed by atoms with Crippen LogP contribution in [-0.4, -0.2) is 24.1 Å². The number of benzene rings is 1. The van der Waals surface area contributed by atoms with Crippen molar-refractivity contribution in [1.82, 2.24) is 0 Å². The van der Waals surface area contributed by atoms with E-state index >= 15 is 0 Å². The number of aromatic carboxylic acids is 1. The molecule has 21 heavy (non-hydrogen) atoms. The van der Waals surface area contributed by atoms with E-state index in [1.54, 1.807) is 13.0 Å². The number of aryl methyl sites for hydroxylation is 1. The molecule has 1 aromatic heterocycles. The lowest BCUT2D eigenvalue weighted by atomic mass is 10.1. The monoisotopic (exact) mass is 309 g/mol. The zero-order valence-corrected chi connectivity index (χ0v) is 12.0. The molecule has 7 heteroatoms. The molecule has 0 bridgehead atoms. The standard InChI is InChI=1S/C14H12ClNO5/c1-7-3-4-21-12(7)13(17)16-10-6-11(20-2)8(14(18)19)5-9(10)15/h3-6H,1-2H3,(H,16,17)(H,18,19). The zero-order valence-electron chi connectivity index (χ0n) is 11.3. The summed E-state index contributed by atoms with van der Waals surface area (Å²) < 4.78 is 10.1. The summed E-state index contributed by atoms with van der Waals surface area (Å²) >= 11 is 5.98. The van der Waals surface area contributed by atoms with Crippen LogP contribution in [0.25, 0.3) is 0 Å². The highest BCUT2D eigenvalue weighted by Crippen LogP contribution is 2.31. The third-order valence-corrected chi connectivity index (χ3v) is 3.15. The van der Waals surface area contributed by atoms with Crippen molar-refractivity contribution in [2.45, 2.75) is 6.92 Å². The molecule has 0 aliphatic carbocycles. The molecule has 0 aliphatic rings. The molecule has 1 aromatic carbocycles. The first-order chi connectivity index (χ1) is 9.93. The number of carbonyl (C=O) groups is 2. The molecule has 1 amide bonds. The molecule has 0 aliphatic heterocycles. The minimum atomic E-state index is -1.17. The number of carbonyl (C=O) groups excluding carboxylic acids is 1. The Balaban J connectivity index is 2.35. The highest BCUT2D eigenvalue weighted by Gasteiger charge is 2.18. The number of ether oxygens (including phenoxy) is 1. The average Bonchev–Trinajstić information content (AvgIpc) is 2.86. The van der Waals surface area contributed by atoms with Gasteiger partial charge >= 0.3 is 5.97 Å². The molecule has 110 valence electrons. The zero-order chi connectivity index (χ0) is 15.6. The van der Waals surface area contributed by atoms with Gasteiger partial charge in [-0.15, -0.1) is 0 Å². The predicted molar refractivity (Wildman–Crippen MR) is 76.4 cm³/mol. The van der Waals surface area contributed by atoms with Crippen LogP contribution in [0, 0.1) is 6.92 Å². The second kappa shape index (κ2) is 5.88. The lowest BCUT2D eigenvalue weighted by Gasteiger charge is -2.11. The number of amides is 1. The molecular weight excluding hydrogens is 298 g/mol. The van der Waals surface area contributed by atoms with Crippen molar-refractivity contribution in [3.8, 4) is 5.75 Å². The molecule has 0 fully saturated rings. The number of hydrogen-bond donors (Lipinski definition) is 2. The lowest BCUT2D eigenvalue weighted by Crippen LogP contribution is -2.13. The fraction of sp³-hybridized carbons (Fsp3) is 0.143. The third kappa shape index (κ3) is 3.00. The number of hydrogen-bond acceptors (Lipinski definition) is 4. The van der Waals surface area contributed by atoms with Gasteiger partial charge in [-0.25, -0.2) is 4.79 Å². The molecule has 6 nitrogen and oxygen atoms in total. The Bertz CT molecular complexity index is 707. The van der Waals surface area contributed by atoms with Crippen molar-refractivity contribution < 1.29 is 23.8 Å². The van der Waals surface area contributed by atoms with Crippen LogP contribution < -0.4 is 10.1 Å². The normalized spacial score (nSPS) is 10.2. The molecule has 0 radical (unpaired) electrons. The van der Waals surface area contributed by atoms with Crippen molar-refractivity contribution in [2.75, 3.05) is 12.4 Å². The Morgan fingerprint density at radius 2 is 2.10 bits per heavy atom. The number of anilines is 1. The van der Waals surface area contributed by atoms with E-state index < -0.39 is 11.9 Å². The van der Waals surface area contributed by atoms with Crippen molar-refractivity contribution in [3.05, 3.63) is 46.4 Å². The summed E-state index contributed by atoms with van der Waals surface area (Å²) in [5, 5.41) is 11.7. The van der Waals surface area contributed by atoms with E-state index in [0.717, 1.165) is 0 Å². The molecule has 0 unspecified atom stereocenters. The summed E-state index contributed by atoms with van der Waals surface area (Å²) in [6, 6.07) is 4.22. The molecular formula is C14H12ClNO5. The Hall–Kier alpha value is -2.47. The maximum absolute atomic E-state index is 12.0. The second-order valence-corrected chi connectivity index (χ2v) is 4.63. The maximum Gasteiger partial charge on any atom is 0.339 e. The van der Waals surface area contributed by atoms with Crippen LogP contribution in [0.15, 0.2) is 28.9 Å². The lowest BCUT2D eigenvalue weighted by molar-refractivity contribution is 0.0693. The Kier molecular flexibility index (Phi) is 4.18. The third-order valence-electron chi connectivity index (χ3n) is 2.84. The van der Waals surface area contributed by atoms with Crippen LogP contribution in [0.2, 0.25) is 5.02 Å². The summed E-state index contributed by atoms with van der Waals surface area (Å²) in [5.74, 6) is -1.40. The molecule has 0 saturated carbocycles. The van der Waals surface area contributed by atoms with Crippen LogP contribution in [0.5, 0.6) is 5.75 Å². The van der Waals surface area contributed by atoms with E-state index in [2.05, 4.69) is 5.32 Å². The fourth-order valence-corrected chi connectivity index (χ4v) is 1.98. The molecule has 0 spiro atoms. The van der Waals surface area contributed by atoms with Gasteiger partial charge in [0.25, 0.3) is 5.91 Å². The van der Waals surface area contributed by atoms with E-state index in [4.69, 9.17) is 25.9 Å². The molecule has 2 rings (SSSR count). The Labute approximate surface area is 125 Å². The quantitative estimate of drug-likeness (QED) is 0.905. The SMILES string of the molecule is COc1cc(NC(=O)c2occc2C)c(Cl)cc1C(=O)O. The number of carboxylic acids is 1. The minimum Gasteiger partial charge on any atom is -0.496 e. The molecule has 2 aromatic rings. The van der Waals surface area contributed by atoms with Crippen molar-refractivity contribution in [2.24, 2.45) is 0 Å². The topological polar surface area (TPSA) is 88.8 Å². The predicted octanol–water partition coefficient (Wildman–Crippen LogP) is 3.20. The summed E-state index contributed by atoms with van der Waals surface area (Å²) in [7, 11) is 1.33. The van der Waals surface area contributed by atoms with E-state index in [-0.39, 0.29) is 27.8 Å². The summed E-state index contributed by atoms with van der Waals surface area (Å²) in [6.07, 6.45) is 1.40. The largest absolute Gasteiger partial charge is 0.496 e. The Morgan fingerprint density at radius 3 is 2.62 bits per heavy atom. The highest BCUT2D eigenvalue weighted by molar-refractivity contribution is 6.34. The first-order valence-electron chi connectivity index (χ1n) is 5.90. The number of rotatable bonds is 4. The van der Waals surface area contributed by atoms with Crippen LogP contribution in [-0.2, 0) is 0 Å². The van der Waals surface area contributed by atoms with Crippen LogP contribution >= 0.6 is 11.6 Å². The van der Waals surface area contributed by atoms with Gasteiger partial charge in [-0.2, -0.15) is 0 Å². The van der Waals surface area contributed by atoms with Crippen molar-refractivity contribution >= 4 is 29.2 Å². The van der Waals surface area contributed by atoms with E-state index in [1.807, 2.05) is 0 Å². The first kappa shape index (κ1) is 14.9. The number of furan rings is 1. The Morgan fingerprint density at radius 1 is 1.38 bits per heavy atom. The number of halogens is 1. The van der Waals surface area contributed by atoms with Gasteiger partial charge < -0.3 is 19.6 Å². The summed E-state index contributed by atoms with van der Waals surface area (Å²) in [6.45, 7) is 1.73. The van der Waals surface area contributed by atoms with E-state index in [0.29, 0.717) is 5.56 Å². The van der Waals surface area contributed by atoms with Gasteiger partial charge in [0.1, 0.15) is 11.3 Å². The molecule has 1 heterocycles. The number of methoxy groups -OCH3 is 1. The van der Waals surface area contributed by atoms with Crippen molar-refractivity contribution in [3.63, 3.8) is 0 Å². The summed E-state index contributed by atoms with van der Waals surface area (Å²) in [5.41, 5.74) is 0.826. The summed E-state index contributed by atoms with van der Waals surface area (Å²) in [4.78, 5) is 23.1. The van der Waals surface area contributed by atoms with E-state index in [1.165, 1.54) is 25.5 Å². The van der Waals surface area contributed by atoms with Crippen LogP contribution in [0.1, 0.15) is 26.5 Å². The molecule has 0 atom stereocenters. The van der Waals surface area contributed by atoms with Crippen molar-refractivity contribution in [1.29, 1.82) is 0 Å². The maximum atomic E-state index is 12.0. The highest BCUT2D eigenvalue weighted by atomic mass is 35.5.